The molecule has 1 atom stereocenters. The van der Waals surface area contributed by atoms with Crippen molar-refractivity contribution >= 4 is 40.8 Å². The Morgan fingerprint density at radius 2 is 1.71 bits per heavy atom. The molecular formula is C35H44N8O6. The third kappa shape index (κ3) is 10.4. The van der Waals surface area contributed by atoms with Crippen LogP contribution in [0.4, 0.5) is 21.9 Å². The van der Waals surface area contributed by atoms with Crippen molar-refractivity contribution in [3.05, 3.63) is 111 Å². The Hall–Kier alpha value is -5.76. The molecule has 3 aromatic rings. The van der Waals surface area contributed by atoms with Crippen LogP contribution in [0.1, 0.15) is 49.7 Å². The van der Waals surface area contributed by atoms with Gasteiger partial charge in [0.1, 0.15) is 5.84 Å². The fraction of sp³-hybridized carbons (Fsp3) is 0.314. The number of hydrogen-bond acceptors (Lipinski definition) is 9. The van der Waals surface area contributed by atoms with Crippen molar-refractivity contribution in [2.45, 2.75) is 39.3 Å². The Kier molecular flexibility index (Phi) is 13.0. The standard InChI is InChI=1S/C31H36N8O4.C4H8O2/c1-31(2)27(32)25(18-38(31)30(41)36-26(19-37(3)4)20-9-6-5-7-10-20)28(33)34-22-11-8-12-23(17-22)35-29(40)21-13-15-24(16-14-21)39(42)43;1-3-6-4(2)5/h5-17,26H,18-19,32H2,1-4H3,(H2,33,34)(H,35,40)(H,36,41);3H2,1-2H3. The largest absolute Gasteiger partial charge is 0.466 e. The average molecular weight is 673 g/mol. The van der Waals surface area contributed by atoms with E-state index in [1.165, 1.54) is 31.2 Å². The van der Waals surface area contributed by atoms with Crippen LogP contribution in [-0.4, -0.2) is 77.8 Å². The van der Waals surface area contributed by atoms with E-state index in [2.05, 4.69) is 20.4 Å². The molecule has 260 valence electrons. The highest BCUT2D eigenvalue weighted by Gasteiger charge is 2.42. The number of benzene rings is 3. The molecule has 0 radical (unpaired) electrons. The molecule has 49 heavy (non-hydrogen) atoms. The van der Waals surface area contributed by atoms with Gasteiger partial charge in [-0.05, 0) is 70.8 Å². The van der Waals surface area contributed by atoms with Gasteiger partial charge in [0.15, 0.2) is 0 Å². The third-order valence-corrected chi connectivity index (χ3v) is 7.62. The van der Waals surface area contributed by atoms with E-state index in [1.807, 2.05) is 63.2 Å². The van der Waals surface area contributed by atoms with Gasteiger partial charge in [-0.1, -0.05) is 36.4 Å². The van der Waals surface area contributed by atoms with Crippen molar-refractivity contribution in [3.8, 4) is 0 Å². The number of carbonyl (C=O) groups is 3. The molecule has 0 spiro atoms. The number of hydrogen-bond donors (Lipinski definition) is 4. The van der Waals surface area contributed by atoms with Gasteiger partial charge in [-0.25, -0.2) is 9.79 Å². The van der Waals surface area contributed by atoms with E-state index in [-0.39, 0.29) is 41.7 Å². The number of carbonyl (C=O) groups excluding carboxylic acids is 3. The van der Waals surface area contributed by atoms with Gasteiger partial charge in [-0.3, -0.25) is 19.7 Å². The Morgan fingerprint density at radius 3 is 2.27 bits per heavy atom. The van der Waals surface area contributed by atoms with E-state index in [1.54, 1.807) is 36.1 Å². The fourth-order valence-corrected chi connectivity index (χ4v) is 5.01. The summed E-state index contributed by atoms with van der Waals surface area (Å²) in [4.78, 5) is 54.6. The first-order chi connectivity index (χ1) is 23.1. The second-order valence-electron chi connectivity index (χ2n) is 11.9. The lowest BCUT2D eigenvalue weighted by Crippen LogP contribution is -2.52. The molecule has 14 heteroatoms. The minimum Gasteiger partial charge on any atom is -0.466 e. The van der Waals surface area contributed by atoms with E-state index in [0.717, 1.165) is 5.56 Å². The van der Waals surface area contributed by atoms with Crippen LogP contribution >= 0.6 is 0 Å². The molecule has 0 aromatic heterocycles. The molecule has 1 aliphatic heterocycles. The van der Waals surface area contributed by atoms with Crippen molar-refractivity contribution in [3.63, 3.8) is 0 Å². The number of nitrogens with one attached hydrogen (secondary N) is 2. The lowest BCUT2D eigenvalue weighted by Gasteiger charge is -2.35. The van der Waals surface area contributed by atoms with Gasteiger partial charge in [0.25, 0.3) is 11.6 Å². The molecule has 3 aromatic carbocycles. The number of anilines is 1. The molecule has 1 heterocycles. The van der Waals surface area contributed by atoms with Gasteiger partial charge in [0.05, 0.1) is 35.3 Å². The summed E-state index contributed by atoms with van der Waals surface area (Å²) in [6.45, 7) is 8.15. The van der Waals surface area contributed by atoms with Crippen molar-refractivity contribution in [2.75, 3.05) is 39.1 Å². The molecule has 0 fully saturated rings. The van der Waals surface area contributed by atoms with Crippen LogP contribution in [0.5, 0.6) is 0 Å². The number of rotatable bonds is 10. The Balaban J connectivity index is 0.000000992. The maximum absolute atomic E-state index is 13.6. The fourth-order valence-electron chi connectivity index (χ4n) is 5.01. The van der Waals surface area contributed by atoms with Crippen LogP contribution in [0, 0.1) is 10.1 Å². The van der Waals surface area contributed by atoms with Crippen molar-refractivity contribution in [1.82, 2.24) is 15.1 Å². The highest BCUT2D eigenvalue weighted by Crippen LogP contribution is 2.32. The van der Waals surface area contributed by atoms with Crippen molar-refractivity contribution in [1.29, 1.82) is 0 Å². The van der Waals surface area contributed by atoms with Gasteiger partial charge in [-0.2, -0.15) is 0 Å². The lowest BCUT2D eigenvalue weighted by atomic mass is 10.00. The van der Waals surface area contributed by atoms with Gasteiger partial charge < -0.3 is 36.6 Å². The van der Waals surface area contributed by atoms with Gasteiger partial charge in [0, 0.05) is 48.1 Å². The summed E-state index contributed by atoms with van der Waals surface area (Å²) < 4.78 is 4.40. The highest BCUT2D eigenvalue weighted by molar-refractivity contribution is 6.05. The van der Waals surface area contributed by atoms with Crippen molar-refractivity contribution < 1.29 is 24.0 Å². The Labute approximate surface area is 286 Å². The number of amides is 3. The topological polar surface area (TPSA) is 199 Å². The number of nitro groups is 1. The molecular weight excluding hydrogens is 628 g/mol. The summed E-state index contributed by atoms with van der Waals surface area (Å²) in [6.07, 6.45) is 0. The molecule has 0 aliphatic carbocycles. The van der Waals surface area contributed by atoms with E-state index in [0.29, 0.717) is 35.8 Å². The number of likely N-dealkylation sites (N-methyl/N-ethyl adjacent to an activating group) is 1. The third-order valence-electron chi connectivity index (χ3n) is 7.62. The quantitative estimate of drug-likeness (QED) is 0.0773. The number of esters is 1. The lowest BCUT2D eigenvalue weighted by molar-refractivity contribution is -0.384. The number of ether oxygens (including phenoxy) is 1. The first-order valence-electron chi connectivity index (χ1n) is 15.5. The van der Waals surface area contributed by atoms with E-state index >= 15 is 0 Å². The van der Waals surface area contributed by atoms with Crippen molar-refractivity contribution in [2.24, 2.45) is 16.5 Å². The monoisotopic (exact) mass is 672 g/mol. The summed E-state index contributed by atoms with van der Waals surface area (Å²) >= 11 is 0. The first-order valence-corrected chi connectivity index (χ1v) is 15.5. The summed E-state index contributed by atoms with van der Waals surface area (Å²) in [7, 11) is 3.90. The van der Waals surface area contributed by atoms with Crippen LogP contribution < -0.4 is 22.1 Å². The van der Waals surface area contributed by atoms with Crippen LogP contribution in [0.3, 0.4) is 0 Å². The summed E-state index contributed by atoms with van der Waals surface area (Å²) in [5, 5.41) is 16.8. The smallest absolute Gasteiger partial charge is 0.318 e. The predicted molar refractivity (Wildman–Crippen MR) is 189 cm³/mol. The number of aliphatic imine (C=N–C) groups is 1. The zero-order valence-electron chi connectivity index (χ0n) is 28.6. The minimum atomic E-state index is -0.820. The van der Waals surface area contributed by atoms with Crippen LogP contribution in [-0.2, 0) is 9.53 Å². The molecule has 4 rings (SSSR count). The second kappa shape index (κ2) is 16.9. The predicted octanol–water partition coefficient (Wildman–Crippen LogP) is 4.72. The van der Waals surface area contributed by atoms with Crippen LogP contribution in [0.15, 0.2) is 95.1 Å². The molecule has 6 N–H and O–H groups in total. The maximum Gasteiger partial charge on any atom is 0.318 e. The zero-order chi connectivity index (χ0) is 36.3. The first kappa shape index (κ1) is 37.7. The Bertz CT molecular complexity index is 1700. The van der Waals surface area contributed by atoms with E-state index < -0.39 is 16.4 Å². The molecule has 1 aliphatic rings. The summed E-state index contributed by atoms with van der Waals surface area (Å²) in [5.74, 6) is -0.483. The van der Waals surface area contributed by atoms with Gasteiger partial charge in [0.2, 0.25) is 0 Å². The summed E-state index contributed by atoms with van der Waals surface area (Å²) in [6, 6.07) is 21.3. The molecule has 0 saturated carbocycles. The van der Waals surface area contributed by atoms with Crippen LogP contribution in [0.2, 0.25) is 0 Å². The summed E-state index contributed by atoms with van der Waals surface area (Å²) in [5.41, 5.74) is 15.2. The maximum atomic E-state index is 13.6. The minimum absolute atomic E-state index is 0.104. The number of amidine groups is 1. The second-order valence-corrected chi connectivity index (χ2v) is 11.9. The molecule has 14 nitrogen and oxygen atoms in total. The SMILES string of the molecule is CCOC(C)=O.CN(C)CC(NC(=O)N1CC(C(N)=Nc2cccc(NC(=O)c3ccc([N+](=O)[O-])cc3)c2)=C(N)C1(C)C)c1ccccc1. The zero-order valence-corrected chi connectivity index (χ0v) is 28.6. The van der Waals surface area contributed by atoms with Gasteiger partial charge >= 0.3 is 12.0 Å². The van der Waals surface area contributed by atoms with E-state index in [9.17, 15) is 24.5 Å². The normalized spacial score (nSPS) is 14.4. The molecule has 3 amide bonds. The van der Waals surface area contributed by atoms with Crippen LogP contribution in [0.25, 0.3) is 0 Å². The number of nitrogens with zero attached hydrogens (tertiary/aromatic N) is 4. The highest BCUT2D eigenvalue weighted by atomic mass is 16.6. The Morgan fingerprint density at radius 1 is 1.06 bits per heavy atom. The van der Waals surface area contributed by atoms with E-state index in [4.69, 9.17) is 11.5 Å². The number of nitrogens with two attached hydrogens (primary N) is 2. The average Bonchev–Trinajstić information content (AvgIpc) is 3.29. The molecule has 0 saturated heterocycles. The number of nitro benzene ring substituents is 1. The number of urea groups is 1. The molecule has 0 bridgehead atoms. The van der Waals surface area contributed by atoms with Gasteiger partial charge in [-0.15, -0.1) is 0 Å². The number of non-ortho nitro benzene ring substituents is 1. The molecule has 1 unspecified atom stereocenters.